The first-order chi connectivity index (χ1) is 9.92. The van der Waals surface area contributed by atoms with Crippen LogP contribution in [0.5, 0.6) is 0 Å². The summed E-state index contributed by atoms with van der Waals surface area (Å²) in [5.41, 5.74) is 1.73. The standard InChI is InChI=1S/C15H19N5/c1-2-6-17-13(3-1)14-9-15(20-11-19-14)18-10-12-4-7-16-8-5-12/h1-3,6,9,11-12,16H,4-5,7-8,10H2,(H,18,19,20). The summed E-state index contributed by atoms with van der Waals surface area (Å²) < 4.78 is 0. The molecular weight excluding hydrogens is 250 g/mol. The van der Waals surface area contributed by atoms with Crippen LogP contribution in [0.2, 0.25) is 0 Å². The lowest BCUT2D eigenvalue weighted by Crippen LogP contribution is -2.31. The molecule has 3 rings (SSSR count). The molecule has 0 bridgehead atoms. The van der Waals surface area contributed by atoms with E-state index in [2.05, 4.69) is 25.6 Å². The van der Waals surface area contributed by atoms with Gasteiger partial charge in [0.1, 0.15) is 12.1 Å². The minimum absolute atomic E-state index is 0.726. The molecule has 2 aromatic rings. The topological polar surface area (TPSA) is 62.7 Å². The number of piperidine rings is 1. The first-order valence-corrected chi connectivity index (χ1v) is 7.10. The molecule has 0 amide bonds. The normalized spacial score (nSPS) is 16.0. The zero-order valence-corrected chi connectivity index (χ0v) is 11.4. The van der Waals surface area contributed by atoms with Crippen LogP contribution in [0.1, 0.15) is 12.8 Å². The molecule has 3 heterocycles. The third-order valence-corrected chi connectivity index (χ3v) is 3.62. The molecule has 0 radical (unpaired) electrons. The van der Waals surface area contributed by atoms with Crippen molar-refractivity contribution in [2.24, 2.45) is 5.92 Å². The lowest BCUT2D eigenvalue weighted by molar-refractivity contribution is 0.389. The first kappa shape index (κ1) is 13.0. The highest BCUT2D eigenvalue weighted by Crippen LogP contribution is 2.17. The van der Waals surface area contributed by atoms with E-state index in [1.54, 1.807) is 12.5 Å². The predicted octanol–water partition coefficient (Wildman–Crippen LogP) is 1.95. The fourth-order valence-corrected chi connectivity index (χ4v) is 2.44. The van der Waals surface area contributed by atoms with E-state index in [0.29, 0.717) is 0 Å². The number of pyridine rings is 1. The Kier molecular flexibility index (Phi) is 4.18. The molecule has 2 aromatic heterocycles. The summed E-state index contributed by atoms with van der Waals surface area (Å²) in [7, 11) is 0. The summed E-state index contributed by atoms with van der Waals surface area (Å²) in [6.45, 7) is 3.21. The van der Waals surface area contributed by atoms with Gasteiger partial charge in [-0.05, 0) is 44.0 Å². The molecule has 1 aliphatic heterocycles. The van der Waals surface area contributed by atoms with Gasteiger partial charge in [0.25, 0.3) is 0 Å². The van der Waals surface area contributed by atoms with Gasteiger partial charge < -0.3 is 10.6 Å². The Morgan fingerprint density at radius 3 is 2.80 bits per heavy atom. The summed E-state index contributed by atoms with van der Waals surface area (Å²) in [5, 5.41) is 6.80. The van der Waals surface area contributed by atoms with Crippen LogP contribution in [0, 0.1) is 5.92 Å². The fourth-order valence-electron chi connectivity index (χ4n) is 2.44. The van der Waals surface area contributed by atoms with E-state index in [-0.39, 0.29) is 0 Å². The Balaban J connectivity index is 1.65. The Labute approximate surface area is 118 Å². The van der Waals surface area contributed by atoms with Crippen LogP contribution in [0.15, 0.2) is 36.8 Å². The van der Waals surface area contributed by atoms with Crippen molar-refractivity contribution >= 4 is 5.82 Å². The lowest BCUT2D eigenvalue weighted by Gasteiger charge is -2.22. The summed E-state index contributed by atoms with van der Waals surface area (Å²) in [6, 6.07) is 7.79. The third kappa shape index (κ3) is 3.30. The SMILES string of the molecule is c1ccc(-c2cc(NCC3CCNCC3)ncn2)nc1. The van der Waals surface area contributed by atoms with Gasteiger partial charge in [0.05, 0.1) is 11.4 Å². The Morgan fingerprint density at radius 2 is 2.00 bits per heavy atom. The molecule has 0 atom stereocenters. The van der Waals surface area contributed by atoms with Crippen molar-refractivity contribution in [2.75, 3.05) is 25.0 Å². The van der Waals surface area contributed by atoms with E-state index in [1.807, 2.05) is 24.3 Å². The molecule has 1 fully saturated rings. The van der Waals surface area contributed by atoms with Gasteiger partial charge >= 0.3 is 0 Å². The number of nitrogens with one attached hydrogen (secondary N) is 2. The number of aromatic nitrogens is 3. The Bertz CT molecular complexity index is 537. The van der Waals surface area contributed by atoms with Gasteiger partial charge in [-0.3, -0.25) is 4.98 Å². The van der Waals surface area contributed by atoms with Crippen LogP contribution in [-0.2, 0) is 0 Å². The second kappa shape index (κ2) is 6.43. The van der Waals surface area contributed by atoms with Crippen molar-refractivity contribution in [1.29, 1.82) is 0 Å². The molecule has 0 unspecified atom stereocenters. The van der Waals surface area contributed by atoms with Crippen LogP contribution in [-0.4, -0.2) is 34.6 Å². The highest BCUT2D eigenvalue weighted by atomic mass is 15.0. The number of hydrogen-bond donors (Lipinski definition) is 2. The molecule has 1 saturated heterocycles. The summed E-state index contributed by atoms with van der Waals surface area (Å²) >= 11 is 0. The van der Waals surface area contributed by atoms with E-state index < -0.39 is 0 Å². The molecule has 5 nitrogen and oxygen atoms in total. The average molecular weight is 269 g/mol. The van der Waals surface area contributed by atoms with Gasteiger partial charge in [-0.2, -0.15) is 0 Å². The first-order valence-electron chi connectivity index (χ1n) is 7.10. The second-order valence-electron chi connectivity index (χ2n) is 5.08. The Morgan fingerprint density at radius 1 is 1.10 bits per heavy atom. The van der Waals surface area contributed by atoms with E-state index in [0.717, 1.165) is 42.8 Å². The van der Waals surface area contributed by atoms with Gasteiger partial charge in [0.2, 0.25) is 0 Å². The number of anilines is 1. The molecule has 0 spiro atoms. The number of nitrogens with zero attached hydrogens (tertiary/aromatic N) is 3. The lowest BCUT2D eigenvalue weighted by atomic mass is 9.98. The van der Waals surface area contributed by atoms with Gasteiger partial charge in [0, 0.05) is 18.8 Å². The van der Waals surface area contributed by atoms with E-state index in [4.69, 9.17) is 0 Å². The van der Waals surface area contributed by atoms with Gasteiger partial charge in [-0.25, -0.2) is 9.97 Å². The fraction of sp³-hybridized carbons (Fsp3) is 0.400. The monoisotopic (exact) mass is 269 g/mol. The maximum atomic E-state index is 4.31. The zero-order valence-electron chi connectivity index (χ0n) is 11.4. The van der Waals surface area contributed by atoms with Crippen molar-refractivity contribution in [3.63, 3.8) is 0 Å². The van der Waals surface area contributed by atoms with Crippen LogP contribution >= 0.6 is 0 Å². The molecule has 0 aliphatic carbocycles. The van der Waals surface area contributed by atoms with Crippen molar-refractivity contribution in [1.82, 2.24) is 20.3 Å². The maximum Gasteiger partial charge on any atom is 0.130 e. The third-order valence-electron chi connectivity index (χ3n) is 3.62. The average Bonchev–Trinajstić information content (AvgIpc) is 2.55. The largest absolute Gasteiger partial charge is 0.370 e. The van der Waals surface area contributed by atoms with Gasteiger partial charge in [0.15, 0.2) is 0 Å². The quantitative estimate of drug-likeness (QED) is 0.888. The highest BCUT2D eigenvalue weighted by molar-refractivity contribution is 5.57. The molecular formula is C15H19N5. The molecule has 0 saturated carbocycles. The van der Waals surface area contributed by atoms with E-state index in [9.17, 15) is 0 Å². The minimum atomic E-state index is 0.726. The maximum absolute atomic E-state index is 4.31. The van der Waals surface area contributed by atoms with Crippen molar-refractivity contribution in [3.8, 4) is 11.4 Å². The number of hydrogen-bond acceptors (Lipinski definition) is 5. The van der Waals surface area contributed by atoms with Gasteiger partial charge in [-0.1, -0.05) is 6.07 Å². The minimum Gasteiger partial charge on any atom is -0.370 e. The molecule has 0 aromatic carbocycles. The van der Waals surface area contributed by atoms with E-state index in [1.165, 1.54) is 12.8 Å². The van der Waals surface area contributed by atoms with Crippen LogP contribution in [0.4, 0.5) is 5.82 Å². The van der Waals surface area contributed by atoms with Crippen LogP contribution < -0.4 is 10.6 Å². The Hall–Kier alpha value is -2.01. The molecule has 20 heavy (non-hydrogen) atoms. The van der Waals surface area contributed by atoms with Crippen molar-refractivity contribution < 1.29 is 0 Å². The molecule has 104 valence electrons. The van der Waals surface area contributed by atoms with Crippen LogP contribution in [0.3, 0.4) is 0 Å². The smallest absolute Gasteiger partial charge is 0.130 e. The molecule has 1 aliphatic rings. The summed E-state index contributed by atoms with van der Waals surface area (Å²) in [6.07, 6.45) is 5.82. The van der Waals surface area contributed by atoms with Crippen molar-refractivity contribution in [3.05, 3.63) is 36.8 Å². The van der Waals surface area contributed by atoms with E-state index >= 15 is 0 Å². The molecule has 5 heteroatoms. The summed E-state index contributed by atoms with van der Waals surface area (Å²) in [5.74, 6) is 1.60. The van der Waals surface area contributed by atoms with Crippen molar-refractivity contribution in [2.45, 2.75) is 12.8 Å². The van der Waals surface area contributed by atoms with Gasteiger partial charge in [-0.15, -0.1) is 0 Å². The predicted molar refractivity (Wildman–Crippen MR) is 79.3 cm³/mol. The number of rotatable bonds is 4. The second-order valence-corrected chi connectivity index (χ2v) is 5.08. The molecule has 2 N–H and O–H groups in total. The highest BCUT2D eigenvalue weighted by Gasteiger charge is 2.12. The van der Waals surface area contributed by atoms with Crippen LogP contribution in [0.25, 0.3) is 11.4 Å². The zero-order chi connectivity index (χ0) is 13.6. The summed E-state index contributed by atoms with van der Waals surface area (Å²) in [4.78, 5) is 12.9.